The Labute approximate surface area is 205 Å². The minimum absolute atomic E-state index is 0.00442. The number of hydrogen-bond acceptors (Lipinski definition) is 7. The molecule has 7 heteroatoms. The monoisotopic (exact) mass is 482 g/mol. The van der Waals surface area contributed by atoms with E-state index < -0.39 is 0 Å². The summed E-state index contributed by atoms with van der Waals surface area (Å²) in [6.07, 6.45) is 4.40. The van der Waals surface area contributed by atoms with Crippen LogP contribution in [0.4, 0.5) is 0 Å². The molecule has 0 amide bonds. The Kier molecular flexibility index (Phi) is 4.29. The number of carbonyl (C=O) groups is 2. The van der Waals surface area contributed by atoms with Crippen LogP contribution in [-0.4, -0.2) is 49.1 Å². The lowest BCUT2D eigenvalue weighted by molar-refractivity contribution is -0.268. The highest BCUT2D eigenvalue weighted by Crippen LogP contribution is 2.74. The van der Waals surface area contributed by atoms with E-state index in [1.54, 1.807) is 6.26 Å². The van der Waals surface area contributed by atoms with Crippen molar-refractivity contribution in [2.75, 3.05) is 6.61 Å². The summed E-state index contributed by atoms with van der Waals surface area (Å²) < 4.78 is 30.9. The zero-order valence-electron chi connectivity index (χ0n) is 21.0. The van der Waals surface area contributed by atoms with Crippen molar-refractivity contribution in [3.8, 4) is 0 Å². The first kappa shape index (κ1) is 22.1. The van der Waals surface area contributed by atoms with Crippen LogP contribution in [0.2, 0.25) is 0 Å². The van der Waals surface area contributed by atoms with Gasteiger partial charge >= 0.3 is 11.9 Å². The maximum Gasteiger partial charge on any atom is 0.306 e. The number of fused-ring (bicyclic) bond motifs is 5. The van der Waals surface area contributed by atoms with Crippen LogP contribution in [0.5, 0.6) is 0 Å². The van der Waals surface area contributed by atoms with Crippen LogP contribution in [-0.2, 0) is 28.5 Å². The summed E-state index contributed by atoms with van der Waals surface area (Å²) in [5, 5.41) is 0. The zero-order valence-corrected chi connectivity index (χ0v) is 21.0. The second kappa shape index (κ2) is 6.80. The van der Waals surface area contributed by atoms with Gasteiger partial charge in [0, 0.05) is 47.8 Å². The molecule has 0 spiro atoms. The van der Waals surface area contributed by atoms with E-state index in [-0.39, 0.29) is 76.5 Å². The summed E-state index contributed by atoms with van der Waals surface area (Å²) in [5.41, 5.74) is 2.89. The molecule has 1 aromatic rings. The Bertz CT molecular complexity index is 1140. The van der Waals surface area contributed by atoms with Crippen molar-refractivity contribution in [1.29, 1.82) is 0 Å². The Hall–Kier alpha value is -2.12. The third-order valence-electron chi connectivity index (χ3n) is 11.0. The molecule has 11 atom stereocenters. The molecule has 0 radical (unpaired) electrons. The van der Waals surface area contributed by atoms with Crippen molar-refractivity contribution < 1.29 is 33.0 Å². The van der Waals surface area contributed by atoms with Gasteiger partial charge in [-0.3, -0.25) is 9.59 Å². The number of hydrogen-bond donors (Lipinski definition) is 0. The number of esters is 2. The standard InChI is InChI=1S/C28H34O7/c1-13-16(15-6-7-31-11-15)8-17-22(13)28(5)18-9-21(30)35-20-10-19(33-14(2)29)26(3)12-32-23(25(28)34-17)24(26)27(18,20)4/h6-7,11,16-20,23-25H,8-10,12H2,1-5H3/t16-,17-,18-,19-,20-,23?,24?,25-,26-,27+,28-/m1/s1. The van der Waals surface area contributed by atoms with Gasteiger partial charge in [0.2, 0.25) is 0 Å². The van der Waals surface area contributed by atoms with E-state index in [4.69, 9.17) is 23.4 Å². The molecule has 6 aliphatic rings. The van der Waals surface area contributed by atoms with E-state index >= 15 is 0 Å². The van der Waals surface area contributed by atoms with Crippen LogP contribution in [0, 0.1) is 28.1 Å². The van der Waals surface area contributed by atoms with Crippen molar-refractivity contribution in [3.05, 3.63) is 35.3 Å². The highest BCUT2D eigenvalue weighted by Gasteiger charge is 2.79. The molecule has 2 unspecified atom stereocenters. The van der Waals surface area contributed by atoms with Gasteiger partial charge in [0.1, 0.15) is 12.2 Å². The molecular weight excluding hydrogens is 448 g/mol. The van der Waals surface area contributed by atoms with Crippen molar-refractivity contribution in [1.82, 2.24) is 0 Å². The summed E-state index contributed by atoms with van der Waals surface area (Å²) in [7, 11) is 0. The number of carbonyl (C=O) groups excluding carboxylic acids is 2. The summed E-state index contributed by atoms with van der Waals surface area (Å²) >= 11 is 0. The number of allylic oxidation sites excluding steroid dienone is 1. The normalized spacial score (nSPS) is 51.5. The minimum Gasteiger partial charge on any atom is -0.472 e. The molecule has 7 rings (SSSR count). The summed E-state index contributed by atoms with van der Waals surface area (Å²) in [4.78, 5) is 25.1. The molecule has 7 nitrogen and oxygen atoms in total. The van der Waals surface area contributed by atoms with Gasteiger partial charge in [-0.1, -0.05) is 26.3 Å². The summed E-state index contributed by atoms with van der Waals surface area (Å²) in [6.45, 7) is 11.0. The van der Waals surface area contributed by atoms with Gasteiger partial charge in [0.25, 0.3) is 0 Å². The van der Waals surface area contributed by atoms with Crippen LogP contribution in [0.1, 0.15) is 65.4 Å². The van der Waals surface area contributed by atoms with E-state index in [1.807, 2.05) is 12.3 Å². The molecule has 0 bridgehead atoms. The lowest BCUT2D eigenvalue weighted by atomic mass is 9.39. The molecule has 35 heavy (non-hydrogen) atoms. The van der Waals surface area contributed by atoms with Gasteiger partial charge in [-0.15, -0.1) is 0 Å². The molecule has 3 aliphatic heterocycles. The maximum absolute atomic E-state index is 13.1. The highest BCUT2D eigenvalue weighted by atomic mass is 16.6. The summed E-state index contributed by atoms with van der Waals surface area (Å²) in [6, 6.07) is 2.05. The molecule has 0 aromatic carbocycles. The average molecular weight is 483 g/mol. The first-order chi connectivity index (χ1) is 16.6. The second-order valence-corrected chi connectivity index (χ2v) is 12.5. The van der Waals surface area contributed by atoms with Crippen LogP contribution in [0.15, 0.2) is 34.2 Å². The predicted octanol–water partition coefficient (Wildman–Crippen LogP) is 4.17. The predicted molar refractivity (Wildman–Crippen MR) is 123 cm³/mol. The number of rotatable bonds is 2. The lowest BCUT2D eigenvalue weighted by Crippen LogP contribution is -2.72. The fourth-order valence-corrected chi connectivity index (χ4v) is 9.81. The molecule has 1 aromatic heterocycles. The smallest absolute Gasteiger partial charge is 0.306 e. The molecule has 3 saturated heterocycles. The largest absolute Gasteiger partial charge is 0.472 e. The Morgan fingerprint density at radius 2 is 2.00 bits per heavy atom. The first-order valence-electron chi connectivity index (χ1n) is 13.0. The van der Waals surface area contributed by atoms with E-state index in [9.17, 15) is 9.59 Å². The fraction of sp³-hybridized carbons (Fsp3) is 0.714. The molecule has 5 fully saturated rings. The SMILES string of the molecule is CC(=O)O[C@@H]1C[C@H]2OC(=O)C[C@H]3[C@]4(C)C5=C(C)[C@H](c6ccoc6)C[C@H]5O[C@@H]4C4OC[C@@]1(C)C4[C@]23C. The van der Waals surface area contributed by atoms with Crippen molar-refractivity contribution in [3.63, 3.8) is 0 Å². The first-order valence-corrected chi connectivity index (χ1v) is 13.0. The number of ether oxygens (including phenoxy) is 4. The van der Waals surface area contributed by atoms with E-state index in [0.29, 0.717) is 19.4 Å². The molecular formula is C28H34O7. The van der Waals surface area contributed by atoms with Crippen molar-refractivity contribution >= 4 is 11.9 Å². The van der Waals surface area contributed by atoms with Gasteiger partial charge in [0.05, 0.1) is 37.4 Å². The molecule has 3 aliphatic carbocycles. The third kappa shape index (κ3) is 2.49. The Morgan fingerprint density at radius 1 is 1.20 bits per heavy atom. The van der Waals surface area contributed by atoms with E-state index in [2.05, 4.69) is 27.7 Å². The third-order valence-corrected chi connectivity index (χ3v) is 11.0. The van der Waals surface area contributed by atoms with E-state index in [0.717, 1.165) is 6.42 Å². The van der Waals surface area contributed by atoms with E-state index in [1.165, 1.54) is 23.6 Å². The second-order valence-electron chi connectivity index (χ2n) is 12.5. The van der Waals surface area contributed by atoms with Crippen molar-refractivity contribution in [2.24, 2.45) is 28.1 Å². The van der Waals surface area contributed by atoms with Gasteiger partial charge in [0.15, 0.2) is 0 Å². The highest BCUT2D eigenvalue weighted by molar-refractivity contribution is 5.72. The van der Waals surface area contributed by atoms with Gasteiger partial charge < -0.3 is 23.4 Å². The van der Waals surface area contributed by atoms with Gasteiger partial charge in [-0.25, -0.2) is 0 Å². The zero-order chi connectivity index (χ0) is 24.5. The number of furan rings is 1. The van der Waals surface area contributed by atoms with Gasteiger partial charge in [-0.2, -0.15) is 0 Å². The molecule has 4 heterocycles. The average Bonchev–Trinajstić information content (AvgIpc) is 3.54. The topological polar surface area (TPSA) is 84.2 Å². The molecule has 188 valence electrons. The summed E-state index contributed by atoms with van der Waals surface area (Å²) in [5.74, 6) is -0.0761. The minimum atomic E-state index is -0.352. The Morgan fingerprint density at radius 3 is 2.71 bits per heavy atom. The van der Waals surface area contributed by atoms with Crippen LogP contribution in [0.3, 0.4) is 0 Å². The molecule has 2 saturated carbocycles. The molecule has 0 N–H and O–H groups in total. The maximum atomic E-state index is 13.1. The lowest BCUT2D eigenvalue weighted by Gasteiger charge is -2.66. The van der Waals surface area contributed by atoms with Crippen LogP contribution < -0.4 is 0 Å². The Balaban J connectivity index is 1.39. The fourth-order valence-electron chi connectivity index (χ4n) is 9.81. The van der Waals surface area contributed by atoms with Crippen LogP contribution in [0.25, 0.3) is 0 Å². The van der Waals surface area contributed by atoms with Crippen LogP contribution >= 0.6 is 0 Å². The van der Waals surface area contributed by atoms with Gasteiger partial charge in [-0.05, 0) is 36.5 Å². The quantitative estimate of drug-likeness (QED) is 0.462. The van der Waals surface area contributed by atoms with Crippen molar-refractivity contribution in [2.45, 2.75) is 90.3 Å².